The van der Waals surface area contributed by atoms with Crippen LogP contribution in [0.25, 0.3) is 0 Å². The SMILES string of the molecule is COc1ccc(C23CCC(OC(=O)N(C)C)=CC2N(C)CC3)cc1OC. The number of likely N-dealkylation sites (tertiary alicyclic amines) is 1. The molecule has 1 amide bonds. The second kappa shape index (κ2) is 7.19. The largest absolute Gasteiger partial charge is 0.493 e. The fourth-order valence-corrected chi connectivity index (χ4v) is 4.14. The van der Waals surface area contributed by atoms with Crippen LogP contribution >= 0.6 is 0 Å². The van der Waals surface area contributed by atoms with E-state index in [0.29, 0.717) is 0 Å². The molecule has 0 radical (unpaired) electrons. The van der Waals surface area contributed by atoms with Gasteiger partial charge < -0.3 is 19.1 Å². The first-order valence-electron chi connectivity index (χ1n) is 8.94. The maximum Gasteiger partial charge on any atom is 0.414 e. The number of fused-ring (bicyclic) bond motifs is 1. The van der Waals surface area contributed by atoms with Crippen molar-refractivity contribution >= 4 is 6.09 Å². The van der Waals surface area contributed by atoms with Gasteiger partial charge in [0.05, 0.1) is 14.2 Å². The molecule has 6 heteroatoms. The standard InChI is InChI=1S/C20H28N2O4/c1-21(2)19(23)26-15-8-9-20(10-11-22(3)18(20)13-15)14-6-7-16(24-4)17(12-14)25-5/h6-7,12-13,18H,8-11H2,1-5H3. The molecule has 3 rings (SSSR count). The Morgan fingerprint density at radius 3 is 2.58 bits per heavy atom. The van der Waals surface area contributed by atoms with Crippen LogP contribution in [0.3, 0.4) is 0 Å². The van der Waals surface area contributed by atoms with Crippen molar-refractivity contribution < 1.29 is 19.0 Å². The van der Waals surface area contributed by atoms with E-state index in [4.69, 9.17) is 14.2 Å². The average Bonchev–Trinajstić information content (AvgIpc) is 2.98. The number of nitrogens with zero attached hydrogens (tertiary/aromatic N) is 2. The zero-order valence-corrected chi connectivity index (χ0v) is 16.2. The highest BCUT2D eigenvalue weighted by Crippen LogP contribution is 2.49. The molecule has 6 nitrogen and oxygen atoms in total. The first-order chi connectivity index (χ1) is 12.4. The zero-order chi connectivity index (χ0) is 18.9. The minimum Gasteiger partial charge on any atom is -0.493 e. The van der Waals surface area contributed by atoms with E-state index in [-0.39, 0.29) is 17.6 Å². The highest BCUT2D eigenvalue weighted by molar-refractivity contribution is 5.68. The highest BCUT2D eigenvalue weighted by atomic mass is 16.6. The Morgan fingerprint density at radius 2 is 1.92 bits per heavy atom. The smallest absolute Gasteiger partial charge is 0.414 e. The highest BCUT2D eigenvalue weighted by Gasteiger charge is 2.48. The summed E-state index contributed by atoms with van der Waals surface area (Å²) in [5.41, 5.74) is 1.25. The van der Waals surface area contributed by atoms with Crippen LogP contribution in [0.15, 0.2) is 30.0 Å². The molecule has 2 unspecified atom stereocenters. The molecule has 0 spiro atoms. The van der Waals surface area contributed by atoms with E-state index in [2.05, 4.69) is 30.2 Å². The van der Waals surface area contributed by atoms with Crippen molar-refractivity contribution in [2.24, 2.45) is 0 Å². The third-order valence-corrected chi connectivity index (χ3v) is 5.65. The number of rotatable bonds is 4. The molecular weight excluding hydrogens is 332 g/mol. The van der Waals surface area contributed by atoms with E-state index in [1.165, 1.54) is 10.5 Å². The third-order valence-electron chi connectivity index (χ3n) is 5.65. The Bertz CT molecular complexity index is 716. The van der Waals surface area contributed by atoms with Gasteiger partial charge in [-0.2, -0.15) is 0 Å². The van der Waals surface area contributed by atoms with Gasteiger partial charge in [0.2, 0.25) is 0 Å². The normalized spacial score (nSPS) is 25.3. The first kappa shape index (κ1) is 18.6. The molecule has 26 heavy (non-hydrogen) atoms. The quantitative estimate of drug-likeness (QED) is 0.826. The maximum absolute atomic E-state index is 11.9. The van der Waals surface area contributed by atoms with Gasteiger partial charge in [0, 0.05) is 32.0 Å². The molecule has 2 atom stereocenters. The number of allylic oxidation sites excluding steroid dienone is 1. The lowest BCUT2D eigenvalue weighted by atomic mass is 9.68. The van der Waals surface area contributed by atoms with Gasteiger partial charge in [0.1, 0.15) is 5.76 Å². The molecule has 142 valence electrons. The van der Waals surface area contributed by atoms with Gasteiger partial charge in [-0.05, 0) is 50.2 Å². The molecule has 1 fully saturated rings. The number of carbonyl (C=O) groups is 1. The summed E-state index contributed by atoms with van der Waals surface area (Å²) in [6, 6.07) is 6.40. The number of benzene rings is 1. The van der Waals surface area contributed by atoms with Crippen molar-refractivity contribution in [3.05, 3.63) is 35.6 Å². The number of ether oxygens (including phenoxy) is 3. The Kier molecular flexibility index (Phi) is 5.14. The van der Waals surface area contributed by atoms with Crippen molar-refractivity contribution in [2.75, 3.05) is 41.9 Å². The van der Waals surface area contributed by atoms with E-state index >= 15 is 0 Å². The number of likely N-dealkylation sites (N-methyl/N-ethyl adjacent to an activating group) is 1. The molecule has 1 aromatic carbocycles. The molecule has 0 N–H and O–H groups in total. The maximum atomic E-state index is 11.9. The second-order valence-corrected chi connectivity index (χ2v) is 7.30. The summed E-state index contributed by atoms with van der Waals surface area (Å²) >= 11 is 0. The fraction of sp³-hybridized carbons (Fsp3) is 0.550. The minimum absolute atomic E-state index is 0.00231. The van der Waals surface area contributed by atoms with Crippen LogP contribution in [0.5, 0.6) is 11.5 Å². The third kappa shape index (κ3) is 3.14. The fourth-order valence-electron chi connectivity index (χ4n) is 4.14. The van der Waals surface area contributed by atoms with Crippen LogP contribution < -0.4 is 9.47 Å². The lowest BCUT2D eigenvalue weighted by Crippen LogP contribution is -2.42. The Hall–Kier alpha value is -2.21. The molecule has 1 aliphatic carbocycles. The summed E-state index contributed by atoms with van der Waals surface area (Å²) in [4.78, 5) is 15.7. The summed E-state index contributed by atoms with van der Waals surface area (Å²) in [6.45, 7) is 1.00. The van der Waals surface area contributed by atoms with Gasteiger partial charge in [0.25, 0.3) is 0 Å². The van der Waals surface area contributed by atoms with E-state index in [1.54, 1.807) is 28.3 Å². The number of hydrogen-bond acceptors (Lipinski definition) is 5. The number of hydrogen-bond donors (Lipinski definition) is 0. The van der Waals surface area contributed by atoms with Crippen molar-refractivity contribution in [1.29, 1.82) is 0 Å². The van der Waals surface area contributed by atoms with Gasteiger partial charge in [-0.3, -0.25) is 4.90 Å². The summed E-state index contributed by atoms with van der Waals surface area (Å²) in [7, 11) is 8.83. The van der Waals surface area contributed by atoms with E-state index in [9.17, 15) is 4.79 Å². The van der Waals surface area contributed by atoms with Crippen molar-refractivity contribution in [1.82, 2.24) is 9.80 Å². The molecule has 1 saturated heterocycles. The van der Waals surface area contributed by atoms with Gasteiger partial charge in [-0.15, -0.1) is 0 Å². The molecule has 1 aliphatic heterocycles. The van der Waals surface area contributed by atoms with Gasteiger partial charge in [-0.25, -0.2) is 4.79 Å². The van der Waals surface area contributed by atoms with Crippen molar-refractivity contribution in [3.63, 3.8) is 0 Å². The summed E-state index contributed by atoms with van der Waals surface area (Å²) < 4.78 is 16.4. The average molecular weight is 360 g/mol. The van der Waals surface area contributed by atoms with E-state index in [0.717, 1.165) is 43.1 Å². The Morgan fingerprint density at radius 1 is 1.19 bits per heavy atom. The number of carbonyl (C=O) groups excluding carboxylic acids is 1. The zero-order valence-electron chi connectivity index (χ0n) is 16.2. The Labute approximate surface area is 155 Å². The lowest BCUT2D eigenvalue weighted by Gasteiger charge is -2.40. The van der Waals surface area contributed by atoms with E-state index < -0.39 is 0 Å². The Balaban J connectivity index is 1.94. The molecule has 0 bridgehead atoms. The van der Waals surface area contributed by atoms with Crippen LogP contribution in [0, 0.1) is 0 Å². The molecular formula is C20H28N2O4. The second-order valence-electron chi connectivity index (χ2n) is 7.30. The molecule has 2 aliphatic rings. The summed E-state index contributed by atoms with van der Waals surface area (Å²) in [6.07, 6.45) is 4.54. The van der Waals surface area contributed by atoms with Crippen LogP contribution in [0.4, 0.5) is 4.79 Å². The van der Waals surface area contributed by atoms with Crippen LogP contribution in [0.1, 0.15) is 24.8 Å². The van der Waals surface area contributed by atoms with Crippen molar-refractivity contribution in [2.45, 2.75) is 30.7 Å². The van der Waals surface area contributed by atoms with Gasteiger partial charge in [-0.1, -0.05) is 6.07 Å². The summed E-state index contributed by atoms with van der Waals surface area (Å²) in [5.74, 6) is 2.25. The monoisotopic (exact) mass is 360 g/mol. The van der Waals surface area contributed by atoms with Crippen LogP contribution in [-0.2, 0) is 10.2 Å². The molecule has 1 aromatic rings. The van der Waals surface area contributed by atoms with E-state index in [1.807, 2.05) is 6.07 Å². The number of amides is 1. The minimum atomic E-state index is -0.324. The lowest BCUT2D eigenvalue weighted by molar-refractivity contribution is 0.135. The topological polar surface area (TPSA) is 51.2 Å². The summed E-state index contributed by atoms with van der Waals surface area (Å²) in [5, 5.41) is 0. The van der Waals surface area contributed by atoms with Crippen LogP contribution in [-0.4, -0.2) is 63.8 Å². The predicted molar refractivity (Wildman–Crippen MR) is 99.7 cm³/mol. The first-order valence-corrected chi connectivity index (χ1v) is 8.94. The molecule has 1 heterocycles. The van der Waals surface area contributed by atoms with Crippen LogP contribution in [0.2, 0.25) is 0 Å². The van der Waals surface area contributed by atoms with Gasteiger partial charge in [0.15, 0.2) is 11.5 Å². The predicted octanol–water partition coefficient (Wildman–Crippen LogP) is 3.02. The number of methoxy groups -OCH3 is 2. The van der Waals surface area contributed by atoms with Crippen molar-refractivity contribution in [3.8, 4) is 11.5 Å². The molecule has 0 saturated carbocycles. The van der Waals surface area contributed by atoms with Gasteiger partial charge >= 0.3 is 6.09 Å². The molecule has 0 aromatic heterocycles.